The van der Waals surface area contributed by atoms with Crippen molar-refractivity contribution in [3.63, 3.8) is 0 Å². The molecule has 1 saturated carbocycles. The Bertz CT molecular complexity index is 563. The summed E-state index contributed by atoms with van der Waals surface area (Å²) in [4.78, 5) is 2.71. The van der Waals surface area contributed by atoms with Crippen LogP contribution in [0.5, 0.6) is 5.75 Å². The highest BCUT2D eigenvalue weighted by Gasteiger charge is 2.46. The van der Waals surface area contributed by atoms with E-state index in [-0.39, 0.29) is 5.41 Å². The van der Waals surface area contributed by atoms with Crippen molar-refractivity contribution in [2.75, 3.05) is 13.1 Å². The number of phenols is 1. The first-order valence-electron chi connectivity index (χ1n) is 8.79. The Morgan fingerprint density at radius 3 is 2.50 bits per heavy atom. The standard InChI is InChI=1S/C20H31NO/c1-14-6-7-17(22)12-18(14)20(5)10-11-21(16(3)15(20)2)13-19(4)8-9-19/h6-7,12,15-16,22H,8-11,13H2,1-5H3. The van der Waals surface area contributed by atoms with Crippen molar-refractivity contribution in [2.45, 2.75) is 65.3 Å². The summed E-state index contributed by atoms with van der Waals surface area (Å²) in [6, 6.07) is 6.46. The second-order valence-electron chi connectivity index (χ2n) is 8.48. The summed E-state index contributed by atoms with van der Waals surface area (Å²) in [6.45, 7) is 14.2. The van der Waals surface area contributed by atoms with Crippen LogP contribution < -0.4 is 0 Å². The molecule has 0 radical (unpaired) electrons. The molecule has 2 fully saturated rings. The van der Waals surface area contributed by atoms with Gasteiger partial charge in [0.15, 0.2) is 0 Å². The molecule has 0 spiro atoms. The van der Waals surface area contributed by atoms with Gasteiger partial charge < -0.3 is 5.11 Å². The fraction of sp³-hybridized carbons (Fsp3) is 0.700. The number of hydrogen-bond donors (Lipinski definition) is 1. The van der Waals surface area contributed by atoms with Crippen LogP contribution in [0, 0.1) is 18.3 Å². The van der Waals surface area contributed by atoms with Gasteiger partial charge in [-0.3, -0.25) is 4.90 Å². The third-order valence-corrected chi connectivity index (χ3v) is 6.75. The van der Waals surface area contributed by atoms with E-state index in [9.17, 15) is 5.11 Å². The minimum atomic E-state index is 0.156. The quantitative estimate of drug-likeness (QED) is 0.889. The maximum atomic E-state index is 9.94. The van der Waals surface area contributed by atoms with Crippen LogP contribution >= 0.6 is 0 Å². The van der Waals surface area contributed by atoms with E-state index in [1.807, 2.05) is 6.07 Å². The van der Waals surface area contributed by atoms with Crippen molar-refractivity contribution < 1.29 is 5.11 Å². The number of aromatic hydroxyl groups is 1. The van der Waals surface area contributed by atoms with Gasteiger partial charge in [-0.05, 0) is 79.7 Å². The number of benzene rings is 1. The number of phenolic OH excluding ortho intramolecular Hbond substituents is 1. The molecule has 122 valence electrons. The maximum absolute atomic E-state index is 9.94. The van der Waals surface area contributed by atoms with Gasteiger partial charge in [-0.15, -0.1) is 0 Å². The monoisotopic (exact) mass is 301 g/mol. The lowest BCUT2D eigenvalue weighted by molar-refractivity contribution is 0.0397. The average molecular weight is 301 g/mol. The lowest BCUT2D eigenvalue weighted by Crippen LogP contribution is -2.54. The summed E-state index contributed by atoms with van der Waals surface area (Å²) in [7, 11) is 0. The molecule has 2 aliphatic rings. The van der Waals surface area contributed by atoms with Crippen molar-refractivity contribution in [1.29, 1.82) is 0 Å². The second kappa shape index (κ2) is 5.26. The molecule has 1 aliphatic heterocycles. The largest absolute Gasteiger partial charge is 0.508 e. The van der Waals surface area contributed by atoms with Gasteiger partial charge in [0.05, 0.1) is 0 Å². The SMILES string of the molecule is Cc1ccc(O)cc1C1(C)CCN(CC2(C)CC2)C(C)C1C. The molecule has 1 heterocycles. The van der Waals surface area contributed by atoms with Gasteiger partial charge in [-0.2, -0.15) is 0 Å². The Balaban J connectivity index is 1.84. The molecule has 1 saturated heterocycles. The Morgan fingerprint density at radius 2 is 1.86 bits per heavy atom. The Hall–Kier alpha value is -1.02. The molecule has 22 heavy (non-hydrogen) atoms. The second-order valence-corrected chi connectivity index (χ2v) is 8.48. The van der Waals surface area contributed by atoms with E-state index in [0.29, 0.717) is 23.1 Å². The van der Waals surface area contributed by atoms with E-state index < -0.39 is 0 Å². The van der Waals surface area contributed by atoms with Crippen LogP contribution in [0.1, 0.15) is 58.1 Å². The van der Waals surface area contributed by atoms with E-state index in [4.69, 9.17) is 0 Å². The normalized spacial score (nSPS) is 34.6. The predicted molar refractivity (Wildman–Crippen MR) is 92.4 cm³/mol. The molecule has 0 amide bonds. The first-order valence-corrected chi connectivity index (χ1v) is 8.79. The van der Waals surface area contributed by atoms with Crippen LogP contribution in [0.2, 0.25) is 0 Å². The van der Waals surface area contributed by atoms with Crippen molar-refractivity contribution in [1.82, 2.24) is 4.90 Å². The van der Waals surface area contributed by atoms with Crippen molar-refractivity contribution in [2.24, 2.45) is 11.3 Å². The molecule has 2 nitrogen and oxygen atoms in total. The van der Waals surface area contributed by atoms with Crippen LogP contribution in [0.15, 0.2) is 18.2 Å². The van der Waals surface area contributed by atoms with Gasteiger partial charge >= 0.3 is 0 Å². The fourth-order valence-electron chi connectivity index (χ4n) is 4.35. The summed E-state index contributed by atoms with van der Waals surface area (Å²) in [5, 5.41) is 9.94. The van der Waals surface area contributed by atoms with E-state index in [1.54, 1.807) is 6.07 Å². The predicted octanol–water partition coefficient (Wildman–Crippen LogP) is 4.49. The first kappa shape index (κ1) is 15.9. The van der Waals surface area contributed by atoms with Crippen molar-refractivity contribution >= 4 is 0 Å². The Labute approximate surface area is 135 Å². The molecule has 1 aromatic carbocycles. The Kier molecular flexibility index (Phi) is 3.79. The van der Waals surface area contributed by atoms with Gasteiger partial charge in [0.2, 0.25) is 0 Å². The lowest BCUT2D eigenvalue weighted by atomic mass is 9.64. The zero-order chi connectivity index (χ0) is 16.1. The highest BCUT2D eigenvalue weighted by Crippen LogP contribution is 2.49. The number of hydrogen-bond acceptors (Lipinski definition) is 2. The van der Waals surface area contributed by atoms with E-state index in [1.165, 1.54) is 43.5 Å². The molecule has 1 aromatic rings. The molecule has 1 aliphatic carbocycles. The zero-order valence-electron chi connectivity index (χ0n) is 14.8. The summed E-state index contributed by atoms with van der Waals surface area (Å²) in [6.07, 6.45) is 3.97. The summed E-state index contributed by atoms with van der Waals surface area (Å²) in [5.74, 6) is 0.985. The molecule has 3 unspecified atom stereocenters. The van der Waals surface area contributed by atoms with Gasteiger partial charge in [0.25, 0.3) is 0 Å². The molecule has 1 N–H and O–H groups in total. The average Bonchev–Trinajstić information content (AvgIpc) is 3.20. The topological polar surface area (TPSA) is 23.5 Å². The van der Waals surface area contributed by atoms with Crippen molar-refractivity contribution in [3.05, 3.63) is 29.3 Å². The zero-order valence-corrected chi connectivity index (χ0v) is 14.8. The van der Waals surface area contributed by atoms with E-state index >= 15 is 0 Å². The molecule has 3 rings (SSSR count). The molecular weight excluding hydrogens is 270 g/mol. The third kappa shape index (κ3) is 2.67. The third-order valence-electron chi connectivity index (χ3n) is 6.75. The Morgan fingerprint density at radius 1 is 1.18 bits per heavy atom. The summed E-state index contributed by atoms with van der Waals surface area (Å²) < 4.78 is 0. The van der Waals surface area contributed by atoms with E-state index in [0.717, 1.165) is 0 Å². The number of piperidine rings is 1. The number of aryl methyl sites for hydroxylation is 1. The number of likely N-dealkylation sites (tertiary alicyclic amines) is 1. The minimum Gasteiger partial charge on any atom is -0.508 e. The van der Waals surface area contributed by atoms with Crippen LogP contribution in [0.3, 0.4) is 0 Å². The molecule has 2 heteroatoms. The number of nitrogens with zero attached hydrogens (tertiary/aromatic N) is 1. The molecular formula is C20H31NO. The fourth-order valence-corrected chi connectivity index (χ4v) is 4.35. The smallest absolute Gasteiger partial charge is 0.115 e. The maximum Gasteiger partial charge on any atom is 0.115 e. The van der Waals surface area contributed by atoms with Gasteiger partial charge in [-0.1, -0.05) is 26.8 Å². The molecule has 0 aromatic heterocycles. The van der Waals surface area contributed by atoms with Gasteiger partial charge in [0.1, 0.15) is 5.75 Å². The minimum absolute atomic E-state index is 0.156. The number of rotatable bonds is 3. The van der Waals surface area contributed by atoms with Gasteiger partial charge in [-0.25, -0.2) is 0 Å². The lowest BCUT2D eigenvalue weighted by Gasteiger charge is -2.50. The summed E-state index contributed by atoms with van der Waals surface area (Å²) in [5.41, 5.74) is 3.39. The van der Waals surface area contributed by atoms with Crippen molar-refractivity contribution in [3.8, 4) is 5.75 Å². The highest BCUT2D eigenvalue weighted by molar-refractivity contribution is 5.40. The van der Waals surface area contributed by atoms with Crippen LogP contribution in [-0.4, -0.2) is 29.1 Å². The van der Waals surface area contributed by atoms with E-state index in [2.05, 4.69) is 45.6 Å². The first-order chi connectivity index (χ1) is 10.3. The van der Waals surface area contributed by atoms with Crippen LogP contribution in [0.4, 0.5) is 0 Å². The van der Waals surface area contributed by atoms with Gasteiger partial charge in [0, 0.05) is 12.6 Å². The summed E-state index contributed by atoms with van der Waals surface area (Å²) >= 11 is 0. The van der Waals surface area contributed by atoms with Crippen LogP contribution in [0.25, 0.3) is 0 Å². The highest BCUT2D eigenvalue weighted by atomic mass is 16.3. The van der Waals surface area contributed by atoms with Crippen LogP contribution in [-0.2, 0) is 5.41 Å². The molecule has 0 bridgehead atoms. The molecule has 3 atom stereocenters.